The third-order valence-corrected chi connectivity index (χ3v) is 5.46. The molecule has 21 heavy (non-hydrogen) atoms. The fourth-order valence-corrected chi connectivity index (χ4v) is 4.29. The van der Waals surface area contributed by atoms with E-state index < -0.39 is 22.7 Å². The Bertz CT molecular complexity index is 608. The predicted molar refractivity (Wildman–Crippen MR) is 80.3 cm³/mol. The third kappa shape index (κ3) is 4.14. The number of aliphatic carboxylic acids is 1. The number of hydrogen-bond acceptors (Lipinski definition) is 3. The van der Waals surface area contributed by atoms with Gasteiger partial charge in [-0.3, -0.25) is 13.8 Å². The minimum Gasteiger partial charge on any atom is -0.481 e. The van der Waals surface area contributed by atoms with Crippen LogP contribution in [0.25, 0.3) is 0 Å². The van der Waals surface area contributed by atoms with Crippen LogP contribution in [0.5, 0.6) is 0 Å². The number of carboxylic acid groups (broad SMARTS) is 1. The van der Waals surface area contributed by atoms with Crippen LogP contribution in [0.1, 0.15) is 40.7 Å². The van der Waals surface area contributed by atoms with Crippen molar-refractivity contribution in [2.75, 3.05) is 5.75 Å². The van der Waals surface area contributed by atoms with Crippen molar-refractivity contribution in [3.05, 3.63) is 34.9 Å². The first kappa shape index (κ1) is 15.7. The fourth-order valence-electron chi connectivity index (χ4n) is 2.45. The molecule has 6 heteroatoms. The van der Waals surface area contributed by atoms with Crippen LogP contribution in [0.3, 0.4) is 0 Å². The van der Waals surface area contributed by atoms with Crippen LogP contribution in [0.15, 0.2) is 18.2 Å². The molecule has 0 aromatic heterocycles. The first-order valence-electron chi connectivity index (χ1n) is 6.77. The fraction of sp³-hybridized carbons (Fsp3) is 0.467. The van der Waals surface area contributed by atoms with Gasteiger partial charge in [-0.1, -0.05) is 6.07 Å². The molecule has 0 radical (unpaired) electrons. The van der Waals surface area contributed by atoms with E-state index in [2.05, 4.69) is 0 Å². The molecule has 1 fully saturated rings. The average molecular weight is 309 g/mol. The van der Waals surface area contributed by atoms with Crippen LogP contribution < -0.4 is 5.73 Å². The summed E-state index contributed by atoms with van der Waals surface area (Å²) >= 11 is 0. The highest BCUT2D eigenvalue weighted by Gasteiger charge is 2.45. The molecule has 0 saturated heterocycles. The van der Waals surface area contributed by atoms with Crippen molar-refractivity contribution >= 4 is 22.7 Å². The summed E-state index contributed by atoms with van der Waals surface area (Å²) in [6.45, 7) is 1.85. The van der Waals surface area contributed by atoms with E-state index >= 15 is 0 Å². The Balaban J connectivity index is 2.00. The summed E-state index contributed by atoms with van der Waals surface area (Å²) in [5, 5.41) is 8.88. The van der Waals surface area contributed by atoms with Crippen molar-refractivity contribution in [2.45, 2.75) is 31.9 Å². The maximum Gasteiger partial charge on any atom is 0.303 e. The number of carbonyl (C=O) groups is 2. The van der Waals surface area contributed by atoms with E-state index in [-0.39, 0.29) is 11.8 Å². The molecule has 1 aliphatic carbocycles. The number of aryl methyl sites for hydroxylation is 1. The summed E-state index contributed by atoms with van der Waals surface area (Å²) in [7, 11) is -1.10. The smallest absolute Gasteiger partial charge is 0.303 e. The number of amides is 1. The van der Waals surface area contributed by atoms with Crippen LogP contribution in [-0.2, 0) is 21.3 Å². The number of benzene rings is 1. The molecule has 1 aromatic rings. The van der Waals surface area contributed by atoms with Crippen molar-refractivity contribution in [2.24, 2.45) is 11.1 Å². The summed E-state index contributed by atoms with van der Waals surface area (Å²) in [4.78, 5) is 21.9. The van der Waals surface area contributed by atoms with E-state index in [0.717, 1.165) is 24.0 Å². The topological polar surface area (TPSA) is 97.5 Å². The van der Waals surface area contributed by atoms with Crippen LogP contribution in [0.4, 0.5) is 0 Å². The highest BCUT2D eigenvalue weighted by Crippen LogP contribution is 2.49. The monoisotopic (exact) mass is 309 g/mol. The van der Waals surface area contributed by atoms with Gasteiger partial charge in [0, 0.05) is 27.9 Å². The number of primary amides is 1. The first-order valence-corrected chi connectivity index (χ1v) is 8.26. The van der Waals surface area contributed by atoms with E-state index in [0.29, 0.717) is 17.1 Å². The highest BCUT2D eigenvalue weighted by atomic mass is 32.2. The molecule has 114 valence electrons. The second kappa shape index (κ2) is 5.97. The zero-order chi connectivity index (χ0) is 15.6. The second-order valence-electron chi connectivity index (χ2n) is 5.80. The molecule has 1 unspecified atom stereocenters. The summed E-state index contributed by atoms with van der Waals surface area (Å²) in [6, 6.07) is 5.09. The molecule has 1 aromatic carbocycles. The van der Waals surface area contributed by atoms with Crippen LogP contribution in [0, 0.1) is 12.3 Å². The maximum atomic E-state index is 12.2. The second-order valence-corrected chi connectivity index (χ2v) is 7.26. The molecular weight excluding hydrogens is 290 g/mol. The Kier molecular flexibility index (Phi) is 4.46. The van der Waals surface area contributed by atoms with Gasteiger partial charge in [0.2, 0.25) is 5.91 Å². The van der Waals surface area contributed by atoms with Crippen LogP contribution in [0.2, 0.25) is 0 Å². The third-order valence-electron chi connectivity index (χ3n) is 3.89. The molecule has 1 aliphatic rings. The zero-order valence-corrected chi connectivity index (χ0v) is 12.7. The van der Waals surface area contributed by atoms with E-state index in [1.54, 1.807) is 18.2 Å². The molecule has 5 nitrogen and oxygen atoms in total. The van der Waals surface area contributed by atoms with E-state index in [4.69, 9.17) is 10.8 Å². The van der Waals surface area contributed by atoms with E-state index in [9.17, 15) is 13.8 Å². The Hall–Kier alpha value is -1.69. The minimum atomic E-state index is -1.10. The Morgan fingerprint density at radius 3 is 2.52 bits per heavy atom. The lowest BCUT2D eigenvalue weighted by molar-refractivity contribution is -0.138. The van der Waals surface area contributed by atoms with Gasteiger partial charge in [0.15, 0.2) is 0 Å². The van der Waals surface area contributed by atoms with Gasteiger partial charge in [0.1, 0.15) is 0 Å². The quantitative estimate of drug-likeness (QED) is 0.799. The average Bonchev–Trinajstić information content (AvgIpc) is 3.09. The molecule has 0 heterocycles. The van der Waals surface area contributed by atoms with Gasteiger partial charge < -0.3 is 10.8 Å². The van der Waals surface area contributed by atoms with Gasteiger partial charge in [0.25, 0.3) is 0 Å². The summed E-state index contributed by atoms with van der Waals surface area (Å²) in [5.41, 5.74) is 7.17. The Morgan fingerprint density at radius 2 is 2.05 bits per heavy atom. The van der Waals surface area contributed by atoms with Crippen molar-refractivity contribution in [1.82, 2.24) is 0 Å². The number of carbonyl (C=O) groups excluding carboxylic acids is 1. The van der Waals surface area contributed by atoms with Gasteiger partial charge >= 0.3 is 5.97 Å². The summed E-state index contributed by atoms with van der Waals surface area (Å²) < 4.78 is 12.2. The first-order chi connectivity index (χ1) is 9.81. The minimum absolute atomic E-state index is 0.0956. The standard InChI is InChI=1S/C15H19NO4S/c1-10-6-11(14(16)19)2-3-12(10)8-21(20)9-15(4-5-15)7-13(17)18/h2-3,6H,4-5,7-9H2,1H3,(H2,16,19)(H,17,18). The molecule has 1 amide bonds. The number of rotatable bonds is 7. The Morgan fingerprint density at radius 1 is 1.38 bits per heavy atom. The van der Waals surface area contributed by atoms with Gasteiger partial charge in [-0.25, -0.2) is 0 Å². The van der Waals surface area contributed by atoms with E-state index in [1.165, 1.54) is 0 Å². The molecule has 1 saturated carbocycles. The van der Waals surface area contributed by atoms with E-state index in [1.807, 2.05) is 6.92 Å². The molecule has 0 aliphatic heterocycles. The van der Waals surface area contributed by atoms with Crippen molar-refractivity contribution in [3.8, 4) is 0 Å². The highest BCUT2D eigenvalue weighted by molar-refractivity contribution is 7.84. The van der Waals surface area contributed by atoms with Gasteiger partial charge in [-0.15, -0.1) is 0 Å². The van der Waals surface area contributed by atoms with Gasteiger partial charge in [-0.05, 0) is 48.4 Å². The molecule has 2 rings (SSSR count). The lowest BCUT2D eigenvalue weighted by Gasteiger charge is -2.13. The molecule has 0 bridgehead atoms. The van der Waals surface area contributed by atoms with Crippen molar-refractivity contribution in [3.63, 3.8) is 0 Å². The number of nitrogens with two attached hydrogens (primary N) is 1. The number of carboxylic acids is 1. The predicted octanol–water partition coefficient (Wildman–Crippen LogP) is 1.60. The largest absolute Gasteiger partial charge is 0.481 e. The van der Waals surface area contributed by atoms with Gasteiger partial charge in [-0.2, -0.15) is 0 Å². The SMILES string of the molecule is Cc1cc(C(N)=O)ccc1CS(=O)CC1(CC(=O)O)CC1. The maximum absolute atomic E-state index is 12.2. The molecule has 3 N–H and O–H groups in total. The normalized spacial score (nSPS) is 17.2. The summed E-state index contributed by atoms with van der Waals surface area (Å²) in [5.74, 6) is -0.501. The Labute approximate surface area is 126 Å². The molecule has 0 spiro atoms. The molecular formula is C15H19NO4S. The van der Waals surface area contributed by atoms with Crippen molar-refractivity contribution < 1.29 is 18.9 Å². The van der Waals surface area contributed by atoms with Crippen LogP contribution in [-0.4, -0.2) is 26.9 Å². The molecule has 1 atom stereocenters. The lowest BCUT2D eigenvalue weighted by atomic mass is 10.1. The van der Waals surface area contributed by atoms with Crippen molar-refractivity contribution in [1.29, 1.82) is 0 Å². The van der Waals surface area contributed by atoms with Gasteiger partial charge in [0.05, 0.1) is 6.42 Å². The zero-order valence-electron chi connectivity index (χ0n) is 11.9. The lowest BCUT2D eigenvalue weighted by Crippen LogP contribution is -2.18. The number of hydrogen-bond donors (Lipinski definition) is 2. The van der Waals surface area contributed by atoms with Crippen LogP contribution >= 0.6 is 0 Å². The summed E-state index contributed by atoms with van der Waals surface area (Å²) in [6.07, 6.45) is 1.77.